The van der Waals surface area contributed by atoms with E-state index in [4.69, 9.17) is 10.5 Å². The second kappa shape index (κ2) is 9.34. The first-order valence-electron chi connectivity index (χ1n) is 6.57. The molecule has 2 N–H and O–H groups in total. The van der Waals surface area contributed by atoms with Gasteiger partial charge in [0.1, 0.15) is 0 Å². The van der Waals surface area contributed by atoms with Crippen molar-refractivity contribution in [2.24, 2.45) is 5.73 Å². The summed E-state index contributed by atoms with van der Waals surface area (Å²) >= 11 is 0. The zero-order chi connectivity index (χ0) is 11.4. The molecule has 2 rings (SSSR count). The van der Waals surface area contributed by atoms with Crippen LogP contribution in [0.3, 0.4) is 0 Å². The molecule has 0 bridgehead atoms. The normalized spacial score (nSPS) is 28.3. The van der Waals surface area contributed by atoms with Crippen LogP contribution in [0.5, 0.6) is 0 Å². The van der Waals surface area contributed by atoms with Gasteiger partial charge in [-0.3, -0.25) is 9.80 Å². The number of nitrogens with two attached hydrogens (primary N) is 1. The summed E-state index contributed by atoms with van der Waals surface area (Å²) in [6.45, 7) is 9.32. The summed E-state index contributed by atoms with van der Waals surface area (Å²) in [5.41, 5.74) is 5.40. The van der Waals surface area contributed by atoms with E-state index in [0.717, 1.165) is 19.2 Å². The first-order chi connectivity index (χ1) is 7.81. The minimum absolute atomic E-state index is 0. The van der Waals surface area contributed by atoms with Crippen LogP contribution in [-0.4, -0.2) is 67.8 Å². The maximum Gasteiger partial charge on any atom is 0.0594 e. The number of hydrogen-bond donors (Lipinski definition) is 1. The maximum absolute atomic E-state index is 5.46. The van der Waals surface area contributed by atoms with Gasteiger partial charge in [0.25, 0.3) is 0 Å². The molecule has 0 spiro atoms. The second-order valence-electron chi connectivity index (χ2n) is 5.04. The Labute approximate surface area is 123 Å². The van der Waals surface area contributed by atoms with Crippen LogP contribution in [0.4, 0.5) is 0 Å². The lowest BCUT2D eigenvalue weighted by Crippen LogP contribution is -2.55. The highest BCUT2D eigenvalue weighted by Crippen LogP contribution is 2.24. The highest BCUT2D eigenvalue weighted by atomic mass is 35.5. The van der Waals surface area contributed by atoms with Gasteiger partial charge < -0.3 is 10.5 Å². The minimum atomic E-state index is 0. The predicted molar refractivity (Wildman–Crippen MR) is 80.0 cm³/mol. The maximum atomic E-state index is 5.46. The van der Waals surface area contributed by atoms with Gasteiger partial charge >= 0.3 is 0 Å². The van der Waals surface area contributed by atoms with Gasteiger partial charge in [0.05, 0.1) is 13.2 Å². The van der Waals surface area contributed by atoms with Gasteiger partial charge in [-0.25, -0.2) is 0 Å². The van der Waals surface area contributed by atoms with Crippen LogP contribution < -0.4 is 5.73 Å². The third-order valence-electron chi connectivity index (χ3n) is 3.85. The van der Waals surface area contributed by atoms with Gasteiger partial charge in [-0.05, 0) is 26.3 Å². The van der Waals surface area contributed by atoms with E-state index in [1.165, 1.54) is 32.5 Å². The molecule has 0 aromatic heterocycles. The largest absolute Gasteiger partial charge is 0.379 e. The molecule has 4 nitrogen and oxygen atoms in total. The molecule has 0 aromatic carbocycles. The van der Waals surface area contributed by atoms with Crippen molar-refractivity contribution in [1.82, 2.24) is 9.80 Å². The van der Waals surface area contributed by atoms with Crippen LogP contribution in [0.25, 0.3) is 0 Å². The van der Waals surface area contributed by atoms with Gasteiger partial charge in [0, 0.05) is 38.3 Å². The Hall–Kier alpha value is 0.420. The molecule has 0 saturated carbocycles. The second-order valence-corrected chi connectivity index (χ2v) is 5.04. The fourth-order valence-electron chi connectivity index (χ4n) is 2.93. The lowest BCUT2D eigenvalue weighted by Gasteiger charge is -2.42. The van der Waals surface area contributed by atoms with Crippen molar-refractivity contribution < 1.29 is 4.74 Å². The van der Waals surface area contributed by atoms with Crippen LogP contribution in [0, 0.1) is 0 Å². The van der Waals surface area contributed by atoms with Crippen LogP contribution >= 0.6 is 24.8 Å². The summed E-state index contributed by atoms with van der Waals surface area (Å²) in [4.78, 5) is 5.23. The molecule has 2 fully saturated rings. The molecule has 2 saturated heterocycles. The molecule has 6 heteroatoms. The van der Waals surface area contributed by atoms with Gasteiger partial charge in [-0.1, -0.05) is 0 Å². The third-order valence-corrected chi connectivity index (χ3v) is 3.85. The molecular formula is C12H27Cl2N3O. The quantitative estimate of drug-likeness (QED) is 0.768. The molecule has 0 amide bonds. The summed E-state index contributed by atoms with van der Waals surface area (Å²) in [6, 6.07) is 1.49. The van der Waals surface area contributed by atoms with E-state index >= 15 is 0 Å². The first-order valence-corrected chi connectivity index (χ1v) is 6.57. The first kappa shape index (κ1) is 18.4. The number of nitrogens with zero attached hydrogens (tertiary/aromatic N) is 2. The van der Waals surface area contributed by atoms with Crippen molar-refractivity contribution in [3.8, 4) is 0 Å². The molecule has 0 aliphatic carbocycles. The summed E-state index contributed by atoms with van der Waals surface area (Å²) < 4.78 is 5.46. The molecule has 2 aliphatic rings. The van der Waals surface area contributed by atoms with Gasteiger partial charge in [-0.2, -0.15) is 0 Å². The summed E-state index contributed by atoms with van der Waals surface area (Å²) in [5.74, 6) is 0. The van der Waals surface area contributed by atoms with Crippen LogP contribution in [0.2, 0.25) is 0 Å². The number of halogens is 2. The molecule has 110 valence electrons. The highest BCUT2D eigenvalue weighted by molar-refractivity contribution is 5.85. The lowest BCUT2D eigenvalue weighted by molar-refractivity contribution is 0.0319. The van der Waals surface area contributed by atoms with E-state index in [0.29, 0.717) is 19.2 Å². The number of ether oxygens (including phenoxy) is 1. The number of hydrogen-bond acceptors (Lipinski definition) is 4. The van der Waals surface area contributed by atoms with Crippen LogP contribution in [-0.2, 0) is 4.74 Å². The van der Waals surface area contributed by atoms with Gasteiger partial charge in [0.2, 0.25) is 0 Å². The van der Waals surface area contributed by atoms with Crippen LogP contribution in [0.1, 0.15) is 19.8 Å². The van der Waals surface area contributed by atoms with Crippen molar-refractivity contribution in [2.45, 2.75) is 31.8 Å². The zero-order valence-corrected chi connectivity index (χ0v) is 12.8. The standard InChI is InChI=1S/C12H25N3O.2ClH/c1-11-9-15-5-2-3-12(15)10-14(11)6-8-16-7-4-13;;/h11-12H,2-10,13H2,1H3;2*1H. The van der Waals surface area contributed by atoms with E-state index in [9.17, 15) is 0 Å². The fourth-order valence-corrected chi connectivity index (χ4v) is 2.93. The molecule has 2 aliphatic heterocycles. The molecule has 18 heavy (non-hydrogen) atoms. The Bertz CT molecular complexity index is 221. The third kappa shape index (κ3) is 4.83. The van der Waals surface area contributed by atoms with Gasteiger partial charge in [0.15, 0.2) is 0 Å². The van der Waals surface area contributed by atoms with E-state index in [1.54, 1.807) is 0 Å². The van der Waals surface area contributed by atoms with E-state index in [2.05, 4.69) is 16.7 Å². The Morgan fingerprint density at radius 1 is 1.22 bits per heavy atom. The summed E-state index contributed by atoms with van der Waals surface area (Å²) in [6.07, 6.45) is 2.77. The Balaban J connectivity index is 0.00000144. The molecule has 2 heterocycles. The van der Waals surface area contributed by atoms with E-state index in [-0.39, 0.29) is 24.8 Å². The smallest absolute Gasteiger partial charge is 0.0594 e. The van der Waals surface area contributed by atoms with Crippen molar-refractivity contribution >= 4 is 24.8 Å². The summed E-state index contributed by atoms with van der Waals surface area (Å²) in [7, 11) is 0. The number of rotatable bonds is 5. The predicted octanol–water partition coefficient (Wildman–Crippen LogP) is 0.974. The molecular weight excluding hydrogens is 273 g/mol. The SMILES string of the molecule is CC1CN2CCCC2CN1CCOCCN.Cl.Cl. The van der Waals surface area contributed by atoms with E-state index in [1.807, 2.05) is 0 Å². The Morgan fingerprint density at radius 3 is 2.72 bits per heavy atom. The lowest BCUT2D eigenvalue weighted by atomic mass is 10.1. The van der Waals surface area contributed by atoms with Crippen molar-refractivity contribution in [3.05, 3.63) is 0 Å². The van der Waals surface area contributed by atoms with Crippen molar-refractivity contribution in [3.63, 3.8) is 0 Å². The van der Waals surface area contributed by atoms with Crippen molar-refractivity contribution in [1.29, 1.82) is 0 Å². The van der Waals surface area contributed by atoms with Gasteiger partial charge in [-0.15, -0.1) is 24.8 Å². The summed E-state index contributed by atoms with van der Waals surface area (Å²) in [5, 5.41) is 0. The molecule has 0 aromatic rings. The topological polar surface area (TPSA) is 41.7 Å². The minimum Gasteiger partial charge on any atom is -0.379 e. The average molecular weight is 300 g/mol. The number of piperazine rings is 1. The van der Waals surface area contributed by atoms with Crippen molar-refractivity contribution in [2.75, 3.05) is 45.9 Å². The Morgan fingerprint density at radius 2 is 2.00 bits per heavy atom. The molecule has 0 radical (unpaired) electrons. The fraction of sp³-hybridized carbons (Fsp3) is 1.00. The molecule has 2 atom stereocenters. The zero-order valence-electron chi connectivity index (χ0n) is 11.2. The van der Waals surface area contributed by atoms with Crippen LogP contribution in [0.15, 0.2) is 0 Å². The monoisotopic (exact) mass is 299 g/mol. The van der Waals surface area contributed by atoms with E-state index < -0.39 is 0 Å². The molecule has 2 unspecified atom stereocenters. The number of fused-ring (bicyclic) bond motifs is 1. The Kier molecular flexibility index (Phi) is 9.56. The highest BCUT2D eigenvalue weighted by Gasteiger charge is 2.33. The average Bonchev–Trinajstić information content (AvgIpc) is 2.71.